The molecule has 0 spiro atoms. The van der Waals surface area contributed by atoms with Crippen LogP contribution in [0.4, 0.5) is 13.2 Å². The summed E-state index contributed by atoms with van der Waals surface area (Å²) in [5.41, 5.74) is 5.28. The molecule has 6 rings (SSSR count). The summed E-state index contributed by atoms with van der Waals surface area (Å²) in [7, 11) is 0. The molecule has 0 saturated carbocycles. The predicted molar refractivity (Wildman–Crippen MR) is 165 cm³/mol. The Morgan fingerprint density at radius 2 is 1.42 bits per heavy atom. The molecule has 1 atom stereocenters. The van der Waals surface area contributed by atoms with Crippen LogP contribution in [0, 0.1) is 17.5 Å². The van der Waals surface area contributed by atoms with E-state index in [0.717, 1.165) is 28.8 Å². The highest BCUT2D eigenvalue weighted by Gasteiger charge is 2.20. The van der Waals surface area contributed by atoms with Gasteiger partial charge in [0.2, 0.25) is 0 Å². The van der Waals surface area contributed by atoms with Crippen molar-refractivity contribution in [3.63, 3.8) is 0 Å². The quantitative estimate of drug-likeness (QED) is 0.184. The van der Waals surface area contributed by atoms with Gasteiger partial charge in [-0.05, 0) is 88.8 Å². The number of benzene rings is 5. The van der Waals surface area contributed by atoms with Crippen molar-refractivity contribution in [1.82, 2.24) is 15.1 Å². The lowest BCUT2D eigenvalue weighted by Gasteiger charge is -2.17. The van der Waals surface area contributed by atoms with Gasteiger partial charge in [-0.2, -0.15) is 5.10 Å². The Hall–Kier alpha value is -5.70. The lowest BCUT2D eigenvalue weighted by molar-refractivity contribution is 0.0696. The number of nitrogens with one attached hydrogen (secondary N) is 1. The third-order valence-electron chi connectivity index (χ3n) is 7.70. The highest BCUT2D eigenvalue weighted by atomic mass is 19.2. The van der Waals surface area contributed by atoms with Gasteiger partial charge in [-0.15, -0.1) is 0 Å². The zero-order chi connectivity index (χ0) is 31.7. The SMILES string of the molecule is C[C@H](NC(=O)c1cc(-c2ccc(F)c(F)c2)cc2cnn(Cc3ccc(-c4ccc(F)cc4)cc3)c12)c1ccc(C(=O)O)cc1. The van der Waals surface area contributed by atoms with E-state index in [2.05, 4.69) is 10.4 Å². The maximum Gasteiger partial charge on any atom is 0.335 e. The minimum Gasteiger partial charge on any atom is -0.478 e. The summed E-state index contributed by atoms with van der Waals surface area (Å²) in [4.78, 5) is 25.1. The third-order valence-corrected chi connectivity index (χ3v) is 7.70. The number of aromatic carboxylic acids is 1. The number of carboxylic acid groups (broad SMARTS) is 1. The molecule has 1 heterocycles. The van der Waals surface area contributed by atoms with Crippen molar-refractivity contribution in [1.29, 1.82) is 0 Å². The minimum atomic E-state index is -1.05. The molecule has 0 bridgehead atoms. The molecule has 1 aromatic heterocycles. The highest BCUT2D eigenvalue weighted by Crippen LogP contribution is 2.30. The average molecular weight is 606 g/mol. The monoisotopic (exact) mass is 605 g/mol. The third kappa shape index (κ3) is 6.19. The summed E-state index contributed by atoms with van der Waals surface area (Å²) in [6, 6.07) is 26.7. The van der Waals surface area contributed by atoms with Gasteiger partial charge in [-0.3, -0.25) is 9.48 Å². The molecule has 6 aromatic rings. The number of rotatable bonds is 8. The molecule has 0 radical (unpaired) electrons. The van der Waals surface area contributed by atoms with E-state index in [-0.39, 0.29) is 16.9 Å². The number of halogens is 3. The van der Waals surface area contributed by atoms with Crippen molar-refractivity contribution in [2.24, 2.45) is 0 Å². The average Bonchev–Trinajstić information content (AvgIpc) is 3.45. The van der Waals surface area contributed by atoms with Crippen LogP contribution in [-0.4, -0.2) is 26.8 Å². The van der Waals surface area contributed by atoms with Crippen LogP contribution in [0.25, 0.3) is 33.2 Å². The number of fused-ring (bicyclic) bond motifs is 1. The van der Waals surface area contributed by atoms with Crippen molar-refractivity contribution in [2.45, 2.75) is 19.5 Å². The van der Waals surface area contributed by atoms with E-state index in [1.54, 1.807) is 54.2 Å². The number of carbonyl (C=O) groups excluding carboxylic acids is 1. The van der Waals surface area contributed by atoms with Crippen LogP contribution in [0.2, 0.25) is 0 Å². The second-order valence-corrected chi connectivity index (χ2v) is 10.7. The van der Waals surface area contributed by atoms with Gasteiger partial charge in [-0.1, -0.05) is 54.6 Å². The molecule has 2 N–H and O–H groups in total. The van der Waals surface area contributed by atoms with Gasteiger partial charge in [0.1, 0.15) is 5.82 Å². The van der Waals surface area contributed by atoms with Crippen molar-refractivity contribution >= 4 is 22.8 Å². The Bertz CT molecular complexity index is 2040. The Kier molecular flexibility index (Phi) is 7.91. The standard InChI is InChI=1S/C36H26F3N3O3/c1-21(23-6-8-26(9-7-23)36(44)45)41-35(43)31-17-28(27-12-15-32(38)33(39)18-27)16-29-19-40-42(34(29)31)20-22-2-4-24(5-3-22)25-10-13-30(37)14-11-25/h2-19,21H,20H2,1H3,(H,41,43)(H,44,45)/t21-/m0/s1. The maximum absolute atomic E-state index is 14.2. The first-order valence-corrected chi connectivity index (χ1v) is 14.1. The number of hydrogen-bond acceptors (Lipinski definition) is 3. The summed E-state index contributed by atoms with van der Waals surface area (Å²) in [6.45, 7) is 2.12. The van der Waals surface area contributed by atoms with Crippen LogP contribution < -0.4 is 5.32 Å². The Balaban J connectivity index is 1.36. The van der Waals surface area contributed by atoms with E-state index in [1.165, 1.54) is 30.3 Å². The van der Waals surface area contributed by atoms with Crippen LogP contribution in [0.3, 0.4) is 0 Å². The highest BCUT2D eigenvalue weighted by molar-refractivity contribution is 6.07. The molecule has 0 aliphatic heterocycles. The van der Waals surface area contributed by atoms with Crippen LogP contribution in [0.5, 0.6) is 0 Å². The van der Waals surface area contributed by atoms with Crippen LogP contribution in [0.15, 0.2) is 109 Å². The number of amides is 1. The normalized spacial score (nSPS) is 11.8. The maximum atomic E-state index is 14.2. The van der Waals surface area contributed by atoms with Gasteiger partial charge in [0.15, 0.2) is 11.6 Å². The van der Waals surface area contributed by atoms with E-state index in [1.807, 2.05) is 24.3 Å². The van der Waals surface area contributed by atoms with Gasteiger partial charge in [0, 0.05) is 5.39 Å². The Morgan fingerprint density at radius 1 is 0.778 bits per heavy atom. The molecular weight excluding hydrogens is 579 g/mol. The van der Waals surface area contributed by atoms with Crippen molar-refractivity contribution in [3.05, 3.63) is 149 Å². The summed E-state index contributed by atoms with van der Waals surface area (Å²) in [6.07, 6.45) is 1.62. The zero-order valence-corrected chi connectivity index (χ0v) is 24.0. The lowest BCUT2D eigenvalue weighted by atomic mass is 9.99. The molecule has 9 heteroatoms. The molecule has 0 aliphatic carbocycles. The summed E-state index contributed by atoms with van der Waals surface area (Å²) >= 11 is 0. The molecule has 1 amide bonds. The molecule has 0 unspecified atom stereocenters. The van der Waals surface area contributed by atoms with E-state index in [9.17, 15) is 27.9 Å². The fraction of sp³-hybridized carbons (Fsp3) is 0.0833. The van der Waals surface area contributed by atoms with Gasteiger partial charge in [0.25, 0.3) is 5.91 Å². The van der Waals surface area contributed by atoms with Gasteiger partial charge < -0.3 is 10.4 Å². The second kappa shape index (κ2) is 12.1. The predicted octanol–water partition coefficient (Wildman–Crippen LogP) is 8.03. The summed E-state index contributed by atoms with van der Waals surface area (Å²) in [5, 5.41) is 17.4. The largest absolute Gasteiger partial charge is 0.478 e. The van der Waals surface area contributed by atoms with E-state index < -0.39 is 29.6 Å². The van der Waals surface area contributed by atoms with E-state index in [0.29, 0.717) is 34.1 Å². The van der Waals surface area contributed by atoms with Crippen molar-refractivity contribution < 1.29 is 27.9 Å². The fourth-order valence-electron chi connectivity index (χ4n) is 5.26. The zero-order valence-electron chi connectivity index (χ0n) is 24.0. The van der Waals surface area contributed by atoms with Crippen molar-refractivity contribution in [3.8, 4) is 22.3 Å². The molecule has 0 fully saturated rings. The first-order valence-electron chi connectivity index (χ1n) is 14.1. The number of carboxylic acids is 1. The van der Waals surface area contributed by atoms with Gasteiger partial charge >= 0.3 is 5.97 Å². The first-order chi connectivity index (χ1) is 21.7. The Morgan fingerprint density at radius 3 is 2.07 bits per heavy atom. The van der Waals surface area contributed by atoms with E-state index in [4.69, 9.17) is 0 Å². The summed E-state index contributed by atoms with van der Waals surface area (Å²) < 4.78 is 42.9. The van der Waals surface area contributed by atoms with Crippen LogP contribution >= 0.6 is 0 Å². The smallest absolute Gasteiger partial charge is 0.335 e. The number of nitrogens with zero attached hydrogens (tertiary/aromatic N) is 2. The molecule has 6 nitrogen and oxygen atoms in total. The fourth-order valence-corrected chi connectivity index (χ4v) is 5.26. The molecule has 0 aliphatic rings. The molecular formula is C36H26F3N3O3. The molecule has 45 heavy (non-hydrogen) atoms. The number of aromatic nitrogens is 2. The van der Waals surface area contributed by atoms with Crippen LogP contribution in [0.1, 0.15) is 44.8 Å². The van der Waals surface area contributed by atoms with Crippen LogP contribution in [-0.2, 0) is 6.54 Å². The molecule has 5 aromatic carbocycles. The lowest BCUT2D eigenvalue weighted by Crippen LogP contribution is -2.27. The Labute approximate surface area is 256 Å². The number of carbonyl (C=O) groups is 2. The van der Waals surface area contributed by atoms with Crippen molar-refractivity contribution in [2.75, 3.05) is 0 Å². The molecule has 224 valence electrons. The second-order valence-electron chi connectivity index (χ2n) is 10.7. The topological polar surface area (TPSA) is 84.2 Å². The first kappa shape index (κ1) is 29.4. The minimum absolute atomic E-state index is 0.132. The number of hydrogen-bond donors (Lipinski definition) is 2. The molecule has 0 saturated heterocycles. The summed E-state index contributed by atoms with van der Waals surface area (Å²) in [5.74, 6) is -3.75. The van der Waals surface area contributed by atoms with Gasteiger partial charge in [-0.25, -0.2) is 18.0 Å². The van der Waals surface area contributed by atoms with Gasteiger partial charge in [0.05, 0.1) is 35.4 Å². The van der Waals surface area contributed by atoms with E-state index >= 15 is 0 Å².